The molecule has 6 heteroatoms. The van der Waals surface area contributed by atoms with E-state index in [1.54, 1.807) is 0 Å². The summed E-state index contributed by atoms with van der Waals surface area (Å²) in [6.07, 6.45) is -3.47. The number of aliphatic hydroxyl groups is 1. The summed E-state index contributed by atoms with van der Waals surface area (Å²) in [6.45, 7) is 0.331. The van der Waals surface area contributed by atoms with Crippen LogP contribution in [-0.2, 0) is 23.7 Å². The first-order valence-electron chi connectivity index (χ1n) is 6.95. The quantitative estimate of drug-likeness (QED) is 0.892. The highest BCUT2D eigenvalue weighted by atomic mass is 16.8. The van der Waals surface area contributed by atoms with Gasteiger partial charge in [-0.1, -0.05) is 30.3 Å². The van der Waals surface area contributed by atoms with Gasteiger partial charge in [-0.15, -0.1) is 0 Å². The van der Waals surface area contributed by atoms with Gasteiger partial charge >= 0.3 is 0 Å². The molecule has 2 aliphatic rings. The first kappa shape index (κ1) is 14.9. The van der Waals surface area contributed by atoms with E-state index in [2.05, 4.69) is 0 Å². The summed E-state index contributed by atoms with van der Waals surface area (Å²) in [4.78, 5) is 0. The van der Waals surface area contributed by atoms with E-state index in [9.17, 15) is 5.11 Å². The second-order valence-electron chi connectivity index (χ2n) is 5.15. The summed E-state index contributed by atoms with van der Waals surface area (Å²) in [6, 6.07) is 9.61. The van der Waals surface area contributed by atoms with Crippen LogP contribution in [0, 0.1) is 0 Å². The topological polar surface area (TPSA) is 66.4 Å². The molecule has 0 aromatic heterocycles. The standard InChI is InChI=1S/C15H20O6/c1-17-13-11(16)12-10(20-15(13)18-2)8-19-14(21-12)9-6-4-3-5-7-9/h3-7,10-16H,8H2,1-2H3. The molecule has 0 spiro atoms. The first-order valence-corrected chi connectivity index (χ1v) is 6.95. The van der Waals surface area contributed by atoms with Crippen molar-refractivity contribution in [1.29, 1.82) is 0 Å². The number of fused-ring (bicyclic) bond motifs is 1. The lowest BCUT2D eigenvalue weighted by Gasteiger charge is -2.46. The lowest BCUT2D eigenvalue weighted by molar-refractivity contribution is -0.360. The molecule has 0 radical (unpaired) electrons. The lowest BCUT2D eigenvalue weighted by Crippen LogP contribution is -2.62. The largest absolute Gasteiger partial charge is 0.387 e. The molecule has 2 fully saturated rings. The Kier molecular flexibility index (Phi) is 4.54. The average Bonchev–Trinajstić information content (AvgIpc) is 2.55. The number of aliphatic hydroxyl groups excluding tert-OH is 1. The van der Waals surface area contributed by atoms with Crippen molar-refractivity contribution in [2.45, 2.75) is 37.0 Å². The van der Waals surface area contributed by atoms with Crippen LogP contribution in [0.1, 0.15) is 11.9 Å². The molecular weight excluding hydrogens is 276 g/mol. The molecule has 2 heterocycles. The lowest BCUT2D eigenvalue weighted by atomic mass is 9.97. The van der Waals surface area contributed by atoms with E-state index in [4.69, 9.17) is 23.7 Å². The number of methoxy groups -OCH3 is 2. The maximum atomic E-state index is 10.5. The maximum Gasteiger partial charge on any atom is 0.186 e. The van der Waals surface area contributed by atoms with Crippen molar-refractivity contribution >= 4 is 0 Å². The fourth-order valence-corrected chi connectivity index (χ4v) is 2.79. The highest BCUT2D eigenvalue weighted by molar-refractivity contribution is 5.16. The third-order valence-electron chi connectivity index (χ3n) is 3.89. The molecule has 6 nitrogen and oxygen atoms in total. The summed E-state index contributed by atoms with van der Waals surface area (Å²) in [5.41, 5.74) is 0.908. The van der Waals surface area contributed by atoms with E-state index in [-0.39, 0.29) is 6.10 Å². The van der Waals surface area contributed by atoms with Gasteiger partial charge in [-0.25, -0.2) is 0 Å². The van der Waals surface area contributed by atoms with Crippen LogP contribution in [0.25, 0.3) is 0 Å². The highest BCUT2D eigenvalue weighted by Gasteiger charge is 2.49. The van der Waals surface area contributed by atoms with Crippen molar-refractivity contribution in [3.63, 3.8) is 0 Å². The van der Waals surface area contributed by atoms with Gasteiger partial charge in [0.15, 0.2) is 12.6 Å². The van der Waals surface area contributed by atoms with E-state index in [0.29, 0.717) is 6.61 Å². The zero-order valence-electron chi connectivity index (χ0n) is 12.0. The Labute approximate surface area is 123 Å². The Balaban J connectivity index is 1.75. The molecule has 0 amide bonds. The molecule has 1 aromatic rings. The van der Waals surface area contributed by atoms with Crippen molar-refractivity contribution in [3.8, 4) is 0 Å². The van der Waals surface area contributed by atoms with Crippen LogP contribution in [0.5, 0.6) is 0 Å². The van der Waals surface area contributed by atoms with E-state index in [1.807, 2.05) is 30.3 Å². The van der Waals surface area contributed by atoms with Gasteiger partial charge in [-0.05, 0) is 0 Å². The molecule has 116 valence electrons. The van der Waals surface area contributed by atoms with Gasteiger partial charge in [0.05, 0.1) is 6.61 Å². The fourth-order valence-electron chi connectivity index (χ4n) is 2.79. The molecule has 0 bridgehead atoms. The highest BCUT2D eigenvalue weighted by Crippen LogP contribution is 2.34. The molecule has 0 saturated carbocycles. The molecule has 6 unspecified atom stereocenters. The van der Waals surface area contributed by atoms with Gasteiger partial charge in [0.1, 0.15) is 24.4 Å². The minimum absolute atomic E-state index is 0.331. The summed E-state index contributed by atoms with van der Waals surface area (Å²) in [7, 11) is 3.03. The smallest absolute Gasteiger partial charge is 0.186 e. The summed E-state index contributed by atoms with van der Waals surface area (Å²) in [5, 5.41) is 10.5. The molecule has 0 aliphatic carbocycles. The van der Waals surface area contributed by atoms with Crippen LogP contribution >= 0.6 is 0 Å². The molecule has 2 aliphatic heterocycles. The molecule has 1 aromatic carbocycles. The zero-order chi connectivity index (χ0) is 14.8. The Morgan fingerprint density at radius 3 is 2.52 bits per heavy atom. The molecule has 21 heavy (non-hydrogen) atoms. The van der Waals surface area contributed by atoms with Crippen LogP contribution in [0.3, 0.4) is 0 Å². The minimum atomic E-state index is -0.839. The van der Waals surface area contributed by atoms with Crippen LogP contribution in [0.15, 0.2) is 30.3 Å². The molecular formula is C15H20O6. The number of ether oxygens (including phenoxy) is 5. The Morgan fingerprint density at radius 1 is 1.10 bits per heavy atom. The van der Waals surface area contributed by atoms with Crippen molar-refractivity contribution in [3.05, 3.63) is 35.9 Å². The van der Waals surface area contributed by atoms with Crippen LogP contribution in [-0.4, -0.2) is 56.6 Å². The minimum Gasteiger partial charge on any atom is -0.387 e. The van der Waals surface area contributed by atoms with Crippen molar-refractivity contribution in [1.82, 2.24) is 0 Å². The fraction of sp³-hybridized carbons (Fsp3) is 0.600. The summed E-state index contributed by atoms with van der Waals surface area (Å²) < 4.78 is 27.8. The molecule has 3 rings (SSSR count). The molecule has 6 atom stereocenters. The summed E-state index contributed by atoms with van der Waals surface area (Å²) in [5.74, 6) is 0. The van der Waals surface area contributed by atoms with E-state index >= 15 is 0 Å². The van der Waals surface area contributed by atoms with Gasteiger partial charge in [-0.2, -0.15) is 0 Å². The number of hydrogen-bond donors (Lipinski definition) is 1. The third-order valence-corrected chi connectivity index (χ3v) is 3.89. The average molecular weight is 296 g/mol. The predicted octanol–water partition coefficient (Wildman–Crippen LogP) is 0.848. The Bertz CT molecular complexity index is 453. The van der Waals surface area contributed by atoms with Crippen molar-refractivity contribution in [2.24, 2.45) is 0 Å². The first-order chi connectivity index (χ1) is 10.2. The maximum absolute atomic E-state index is 10.5. The van der Waals surface area contributed by atoms with E-state index < -0.39 is 30.9 Å². The van der Waals surface area contributed by atoms with Crippen molar-refractivity contribution in [2.75, 3.05) is 20.8 Å². The van der Waals surface area contributed by atoms with E-state index in [1.165, 1.54) is 14.2 Å². The second-order valence-corrected chi connectivity index (χ2v) is 5.15. The Hall–Kier alpha value is -1.02. The third kappa shape index (κ3) is 2.83. The van der Waals surface area contributed by atoms with Gasteiger partial charge < -0.3 is 28.8 Å². The van der Waals surface area contributed by atoms with E-state index in [0.717, 1.165) is 5.56 Å². The number of rotatable bonds is 3. The van der Waals surface area contributed by atoms with Crippen LogP contribution in [0.2, 0.25) is 0 Å². The Morgan fingerprint density at radius 2 is 1.86 bits per heavy atom. The van der Waals surface area contributed by atoms with Gasteiger partial charge in [0, 0.05) is 19.8 Å². The molecule has 1 N–H and O–H groups in total. The molecule has 2 saturated heterocycles. The predicted molar refractivity (Wildman–Crippen MR) is 72.5 cm³/mol. The zero-order valence-corrected chi connectivity index (χ0v) is 12.0. The van der Waals surface area contributed by atoms with Crippen LogP contribution < -0.4 is 0 Å². The van der Waals surface area contributed by atoms with Gasteiger partial charge in [0.25, 0.3) is 0 Å². The normalized spacial score (nSPS) is 39.8. The number of benzene rings is 1. The SMILES string of the molecule is COC1OC2COC(c3ccccc3)OC2C(O)C1OC. The monoisotopic (exact) mass is 296 g/mol. The number of hydrogen-bond acceptors (Lipinski definition) is 6. The summed E-state index contributed by atoms with van der Waals surface area (Å²) >= 11 is 0. The second kappa shape index (κ2) is 6.39. The van der Waals surface area contributed by atoms with Gasteiger partial charge in [0.2, 0.25) is 0 Å². The van der Waals surface area contributed by atoms with Crippen LogP contribution in [0.4, 0.5) is 0 Å². The van der Waals surface area contributed by atoms with Gasteiger partial charge in [-0.3, -0.25) is 0 Å². The van der Waals surface area contributed by atoms with Crippen molar-refractivity contribution < 1.29 is 28.8 Å².